The minimum Gasteiger partial charge on any atom is -0.308 e. The number of hydrogen-bond donors (Lipinski definition) is 0. The van der Waals surface area contributed by atoms with Gasteiger partial charge in [-0.15, -0.1) is 0 Å². The Bertz CT molecular complexity index is 1010. The van der Waals surface area contributed by atoms with Gasteiger partial charge in [-0.2, -0.15) is 0 Å². The van der Waals surface area contributed by atoms with E-state index in [1.165, 1.54) is 12.1 Å². The molecule has 0 radical (unpaired) electrons. The fourth-order valence-electron chi connectivity index (χ4n) is 3.95. The molecule has 1 atom stereocenters. The largest absolute Gasteiger partial charge is 0.308 e. The average molecular weight is 376 g/mol. The number of rotatable bonds is 2. The van der Waals surface area contributed by atoms with Crippen LogP contribution in [0.3, 0.4) is 0 Å². The molecule has 5 rings (SSSR count). The van der Waals surface area contributed by atoms with Crippen LogP contribution in [-0.2, 0) is 4.79 Å². The molecule has 0 bridgehead atoms. The second-order valence-corrected chi connectivity index (χ2v) is 7.68. The normalized spacial score (nSPS) is 21.6. The van der Waals surface area contributed by atoms with Gasteiger partial charge in [0, 0.05) is 17.4 Å². The van der Waals surface area contributed by atoms with E-state index in [1.54, 1.807) is 23.9 Å². The van der Waals surface area contributed by atoms with Gasteiger partial charge in [-0.1, -0.05) is 54.2 Å². The quantitative estimate of drug-likeness (QED) is 0.714. The molecule has 0 saturated heterocycles. The Morgan fingerprint density at radius 3 is 2.59 bits per heavy atom. The molecule has 3 nitrogen and oxygen atoms in total. The topological polar surface area (TPSA) is 32.7 Å². The van der Waals surface area contributed by atoms with Crippen molar-refractivity contribution in [1.82, 2.24) is 4.90 Å². The molecule has 0 fully saturated rings. The third-order valence-corrected chi connectivity index (χ3v) is 6.03. The fourth-order valence-corrected chi connectivity index (χ4v) is 4.90. The number of Topliss-reactive ketones (excluding diaryl/α,β-unsaturated/α-hetero) is 1. The minimum atomic E-state index is -0.276. The number of aliphatic imine (C=N–C) groups is 1. The Hall–Kier alpha value is -2.66. The van der Waals surface area contributed by atoms with Crippen LogP contribution in [0.2, 0.25) is 0 Å². The van der Waals surface area contributed by atoms with Gasteiger partial charge in [-0.25, -0.2) is 9.38 Å². The number of benzene rings is 2. The molecule has 1 unspecified atom stereocenters. The van der Waals surface area contributed by atoms with Crippen LogP contribution in [0.1, 0.15) is 36.4 Å². The van der Waals surface area contributed by atoms with Crippen LogP contribution in [0, 0.1) is 5.82 Å². The number of hydrogen-bond acceptors (Lipinski definition) is 4. The Labute approximate surface area is 161 Å². The number of allylic oxidation sites excluding steroid dienone is 1. The van der Waals surface area contributed by atoms with E-state index in [4.69, 9.17) is 4.99 Å². The van der Waals surface area contributed by atoms with Crippen molar-refractivity contribution in [3.63, 3.8) is 0 Å². The zero-order chi connectivity index (χ0) is 18.4. The summed E-state index contributed by atoms with van der Waals surface area (Å²) < 4.78 is 13.5. The van der Waals surface area contributed by atoms with E-state index in [2.05, 4.69) is 22.4 Å². The second kappa shape index (κ2) is 6.50. The van der Waals surface area contributed by atoms with Crippen molar-refractivity contribution in [2.75, 3.05) is 0 Å². The van der Waals surface area contributed by atoms with Gasteiger partial charge in [0.05, 0.1) is 17.4 Å². The van der Waals surface area contributed by atoms with Gasteiger partial charge in [0.2, 0.25) is 0 Å². The summed E-state index contributed by atoms with van der Waals surface area (Å²) in [6.07, 6.45) is 2.21. The van der Waals surface area contributed by atoms with E-state index in [0.29, 0.717) is 6.42 Å². The molecule has 0 saturated carbocycles. The van der Waals surface area contributed by atoms with Crippen molar-refractivity contribution < 1.29 is 9.18 Å². The summed E-state index contributed by atoms with van der Waals surface area (Å²) in [5.41, 5.74) is 4.67. The molecule has 0 aromatic heterocycles. The molecule has 2 aromatic carbocycles. The van der Waals surface area contributed by atoms with Gasteiger partial charge in [0.25, 0.3) is 0 Å². The van der Waals surface area contributed by atoms with Crippen LogP contribution in [0.5, 0.6) is 0 Å². The first-order valence-corrected chi connectivity index (χ1v) is 9.92. The number of fused-ring (bicyclic) bond motifs is 1. The van der Waals surface area contributed by atoms with Crippen molar-refractivity contribution in [3.8, 4) is 0 Å². The van der Waals surface area contributed by atoms with Crippen molar-refractivity contribution in [2.24, 2.45) is 4.99 Å². The van der Waals surface area contributed by atoms with Gasteiger partial charge in [0.1, 0.15) is 5.82 Å². The standard InChI is InChI=1S/C22H17FN2OS/c23-16-11-9-15(10-12-16)21-20-17(7-4-8-19(20)26)24-22-25(21)18(13-27-22)14-5-2-1-3-6-14/h1-3,5-6,9-13,21H,4,7-8H2. The van der Waals surface area contributed by atoms with Gasteiger partial charge >= 0.3 is 0 Å². The number of carbonyl (C=O) groups excluding carboxylic acids is 1. The highest BCUT2D eigenvalue weighted by atomic mass is 32.2. The predicted molar refractivity (Wildman–Crippen MR) is 106 cm³/mol. The van der Waals surface area contributed by atoms with E-state index in [1.807, 2.05) is 18.2 Å². The summed E-state index contributed by atoms with van der Waals surface area (Å²) >= 11 is 1.58. The molecule has 5 heteroatoms. The first-order chi connectivity index (χ1) is 13.2. The highest BCUT2D eigenvalue weighted by Gasteiger charge is 2.41. The third-order valence-electron chi connectivity index (χ3n) is 5.19. The molecule has 134 valence electrons. The van der Waals surface area contributed by atoms with E-state index in [-0.39, 0.29) is 17.6 Å². The average Bonchev–Trinajstić information content (AvgIpc) is 3.12. The summed E-state index contributed by atoms with van der Waals surface area (Å²) in [6.45, 7) is 0. The van der Waals surface area contributed by atoms with Crippen LogP contribution in [0.4, 0.5) is 4.39 Å². The molecule has 2 aromatic rings. The molecule has 2 aliphatic heterocycles. The molecule has 0 amide bonds. The highest BCUT2D eigenvalue weighted by molar-refractivity contribution is 8.16. The predicted octanol–water partition coefficient (Wildman–Crippen LogP) is 5.29. The summed E-state index contributed by atoms with van der Waals surface area (Å²) in [5.74, 6) is -0.125. The van der Waals surface area contributed by atoms with E-state index >= 15 is 0 Å². The number of thioether (sulfide) groups is 1. The number of amidine groups is 1. The number of carbonyl (C=O) groups is 1. The smallest absolute Gasteiger partial charge is 0.173 e. The summed E-state index contributed by atoms with van der Waals surface area (Å²) in [6, 6.07) is 16.3. The van der Waals surface area contributed by atoms with Crippen molar-refractivity contribution >= 4 is 28.4 Å². The van der Waals surface area contributed by atoms with Crippen LogP contribution in [-0.4, -0.2) is 15.9 Å². The molecule has 0 N–H and O–H groups in total. The van der Waals surface area contributed by atoms with Crippen molar-refractivity contribution in [2.45, 2.75) is 25.3 Å². The van der Waals surface area contributed by atoms with Crippen LogP contribution in [0.25, 0.3) is 5.70 Å². The fraction of sp³-hybridized carbons (Fsp3) is 0.182. The first-order valence-electron chi connectivity index (χ1n) is 9.04. The maximum atomic E-state index is 13.5. The zero-order valence-corrected chi connectivity index (χ0v) is 15.4. The summed E-state index contributed by atoms with van der Waals surface area (Å²) in [5, 5.41) is 2.98. The van der Waals surface area contributed by atoms with Crippen LogP contribution < -0.4 is 0 Å². The molecular formula is C22H17FN2OS. The van der Waals surface area contributed by atoms with E-state index < -0.39 is 0 Å². The Balaban J connectivity index is 1.68. The molecule has 0 spiro atoms. The van der Waals surface area contributed by atoms with Crippen molar-refractivity contribution in [1.29, 1.82) is 0 Å². The lowest BCUT2D eigenvalue weighted by Crippen LogP contribution is -2.37. The Morgan fingerprint density at radius 2 is 1.81 bits per heavy atom. The lowest BCUT2D eigenvalue weighted by Gasteiger charge is -2.38. The highest BCUT2D eigenvalue weighted by Crippen LogP contribution is 2.48. The van der Waals surface area contributed by atoms with Gasteiger partial charge in [-0.05, 0) is 36.1 Å². The summed E-state index contributed by atoms with van der Waals surface area (Å²) in [4.78, 5) is 19.8. The zero-order valence-electron chi connectivity index (χ0n) is 14.6. The van der Waals surface area contributed by atoms with Gasteiger partial charge in [0.15, 0.2) is 11.0 Å². The molecular weight excluding hydrogens is 359 g/mol. The van der Waals surface area contributed by atoms with Gasteiger partial charge in [-0.3, -0.25) is 4.79 Å². The monoisotopic (exact) mass is 376 g/mol. The van der Waals surface area contributed by atoms with Gasteiger partial charge < -0.3 is 4.90 Å². The third kappa shape index (κ3) is 2.73. The number of halogens is 1. The maximum Gasteiger partial charge on any atom is 0.173 e. The number of nitrogens with zero attached hydrogens (tertiary/aromatic N) is 2. The number of ketones is 1. The SMILES string of the molecule is O=C1CCCC2=C1C(c1ccc(F)cc1)N1C(c3ccccc3)=CSC1=N2. The molecule has 2 heterocycles. The lowest BCUT2D eigenvalue weighted by atomic mass is 9.84. The van der Waals surface area contributed by atoms with Crippen LogP contribution in [0.15, 0.2) is 76.3 Å². The Morgan fingerprint density at radius 1 is 1.04 bits per heavy atom. The first kappa shape index (κ1) is 16.5. The maximum absolute atomic E-state index is 13.5. The molecule has 27 heavy (non-hydrogen) atoms. The van der Waals surface area contributed by atoms with Crippen LogP contribution >= 0.6 is 11.8 Å². The summed E-state index contributed by atoms with van der Waals surface area (Å²) in [7, 11) is 0. The lowest BCUT2D eigenvalue weighted by molar-refractivity contribution is -0.116. The Kier molecular flexibility index (Phi) is 3.97. The second-order valence-electron chi connectivity index (χ2n) is 6.84. The molecule has 1 aliphatic carbocycles. The van der Waals surface area contributed by atoms with E-state index in [0.717, 1.165) is 46.1 Å². The van der Waals surface area contributed by atoms with E-state index in [9.17, 15) is 9.18 Å². The van der Waals surface area contributed by atoms with Crippen molar-refractivity contribution in [3.05, 3.63) is 88.2 Å². The minimum absolute atomic E-state index is 0.151. The molecule has 3 aliphatic rings.